The monoisotopic (exact) mass is 386 g/mol. The summed E-state index contributed by atoms with van der Waals surface area (Å²) in [6.45, 7) is 6.79. The molecule has 2 aromatic heterocycles. The average molecular weight is 387 g/mol. The van der Waals surface area contributed by atoms with Crippen LogP contribution in [0.15, 0.2) is 54.7 Å². The molecule has 5 rings (SSSR count). The molecule has 0 N–H and O–H groups in total. The molecule has 0 aliphatic carbocycles. The highest BCUT2D eigenvalue weighted by Crippen LogP contribution is 2.32. The molecule has 0 atom stereocenters. The Balaban J connectivity index is 1.37. The Morgan fingerprint density at radius 1 is 0.793 bits per heavy atom. The number of piperazine rings is 1. The minimum absolute atomic E-state index is 0.819. The number of aryl methyl sites for hydroxylation is 2. The average Bonchev–Trinajstić information content (AvgIpc) is 2.79. The van der Waals surface area contributed by atoms with Crippen LogP contribution < -0.4 is 14.7 Å². The number of anilines is 4. The summed E-state index contributed by atoms with van der Waals surface area (Å²) in [5.41, 5.74) is 3.64. The van der Waals surface area contributed by atoms with Crippen molar-refractivity contribution in [3.8, 4) is 0 Å². The van der Waals surface area contributed by atoms with Crippen LogP contribution in [-0.4, -0.2) is 47.7 Å². The van der Waals surface area contributed by atoms with Gasteiger partial charge in [-0.25, -0.2) is 9.97 Å². The molecule has 6 nitrogen and oxygen atoms in total. The predicted octanol–water partition coefficient (Wildman–Crippen LogP) is 3.59. The molecule has 0 radical (unpaired) electrons. The van der Waals surface area contributed by atoms with Gasteiger partial charge in [0.05, 0.1) is 0 Å². The maximum Gasteiger partial charge on any atom is 0.232 e. The summed E-state index contributed by atoms with van der Waals surface area (Å²) in [4.78, 5) is 21.2. The van der Waals surface area contributed by atoms with E-state index in [-0.39, 0.29) is 0 Å². The van der Waals surface area contributed by atoms with E-state index in [4.69, 9.17) is 9.97 Å². The van der Waals surface area contributed by atoms with Gasteiger partial charge in [-0.05, 0) is 43.5 Å². The van der Waals surface area contributed by atoms with Crippen molar-refractivity contribution in [2.75, 3.05) is 47.4 Å². The van der Waals surface area contributed by atoms with Crippen molar-refractivity contribution in [3.05, 3.63) is 66.0 Å². The molecule has 1 aromatic carbocycles. The summed E-state index contributed by atoms with van der Waals surface area (Å²) in [5.74, 6) is 2.90. The van der Waals surface area contributed by atoms with Crippen molar-refractivity contribution in [2.45, 2.75) is 19.8 Å². The molecule has 148 valence electrons. The van der Waals surface area contributed by atoms with Crippen LogP contribution in [0.3, 0.4) is 0 Å². The molecule has 0 bridgehead atoms. The van der Waals surface area contributed by atoms with Crippen molar-refractivity contribution in [1.29, 1.82) is 0 Å². The molecule has 1 fully saturated rings. The Labute approximate surface area is 171 Å². The third kappa shape index (κ3) is 3.62. The van der Waals surface area contributed by atoms with Gasteiger partial charge in [-0.1, -0.05) is 24.3 Å². The van der Waals surface area contributed by atoms with E-state index in [1.165, 1.54) is 11.3 Å². The quantitative estimate of drug-likeness (QED) is 0.686. The second-order valence-electron chi connectivity index (χ2n) is 7.71. The highest BCUT2D eigenvalue weighted by Gasteiger charge is 2.23. The molecule has 0 unspecified atom stereocenters. The fourth-order valence-corrected chi connectivity index (χ4v) is 4.27. The maximum atomic E-state index is 4.98. The molecule has 4 heterocycles. The zero-order valence-electron chi connectivity index (χ0n) is 16.8. The van der Waals surface area contributed by atoms with Gasteiger partial charge in [0.15, 0.2) is 0 Å². The fraction of sp³-hybridized carbons (Fsp3) is 0.348. The topological polar surface area (TPSA) is 48.4 Å². The Morgan fingerprint density at radius 2 is 1.55 bits per heavy atom. The van der Waals surface area contributed by atoms with Crippen LogP contribution in [0.1, 0.15) is 17.7 Å². The van der Waals surface area contributed by atoms with E-state index >= 15 is 0 Å². The highest BCUT2D eigenvalue weighted by atomic mass is 15.3. The van der Waals surface area contributed by atoms with Gasteiger partial charge in [-0.3, -0.25) is 0 Å². The number of pyridine rings is 1. The van der Waals surface area contributed by atoms with Gasteiger partial charge in [0.25, 0.3) is 0 Å². The Kier molecular flexibility index (Phi) is 4.76. The standard InChI is InChI=1S/C23H26N6/c1-18-17-22(28-15-13-27(14-16-28)21-10-4-5-11-24-21)26-23(25-18)29-12-6-8-19-7-2-3-9-20(19)29/h2-5,7,9-11,17H,6,8,12-16H2,1H3. The van der Waals surface area contributed by atoms with E-state index in [0.717, 1.165) is 68.8 Å². The number of nitrogens with zero attached hydrogens (tertiary/aromatic N) is 6. The SMILES string of the molecule is Cc1cc(N2CCN(c3ccccn3)CC2)nc(N2CCCc3ccccc32)n1. The Bertz CT molecular complexity index is 982. The van der Waals surface area contributed by atoms with Crippen LogP contribution in [0, 0.1) is 6.92 Å². The number of fused-ring (bicyclic) bond motifs is 1. The Morgan fingerprint density at radius 3 is 2.34 bits per heavy atom. The minimum atomic E-state index is 0.819. The van der Waals surface area contributed by atoms with Gasteiger partial charge < -0.3 is 14.7 Å². The second kappa shape index (κ2) is 7.70. The summed E-state index contributed by atoms with van der Waals surface area (Å²) in [6.07, 6.45) is 4.12. The van der Waals surface area contributed by atoms with E-state index in [1.807, 2.05) is 18.3 Å². The van der Waals surface area contributed by atoms with E-state index in [2.05, 4.69) is 63.0 Å². The van der Waals surface area contributed by atoms with Crippen molar-refractivity contribution in [3.63, 3.8) is 0 Å². The number of rotatable bonds is 3. The minimum Gasteiger partial charge on any atom is -0.353 e. The lowest BCUT2D eigenvalue weighted by Crippen LogP contribution is -2.47. The third-order valence-corrected chi connectivity index (χ3v) is 5.76. The van der Waals surface area contributed by atoms with Gasteiger partial charge in [0.1, 0.15) is 11.6 Å². The number of hydrogen-bond donors (Lipinski definition) is 0. The summed E-state index contributed by atoms with van der Waals surface area (Å²) >= 11 is 0. The van der Waals surface area contributed by atoms with Crippen LogP contribution in [0.2, 0.25) is 0 Å². The Hall–Kier alpha value is -3.15. The summed E-state index contributed by atoms with van der Waals surface area (Å²) in [6, 6.07) is 16.8. The first-order chi connectivity index (χ1) is 14.3. The highest BCUT2D eigenvalue weighted by molar-refractivity contribution is 5.64. The number of hydrogen-bond acceptors (Lipinski definition) is 6. The molecular formula is C23H26N6. The number of aromatic nitrogens is 3. The van der Waals surface area contributed by atoms with Crippen LogP contribution in [0.4, 0.5) is 23.3 Å². The molecule has 29 heavy (non-hydrogen) atoms. The number of para-hydroxylation sites is 1. The van der Waals surface area contributed by atoms with Crippen LogP contribution in [0.5, 0.6) is 0 Å². The lowest BCUT2D eigenvalue weighted by atomic mass is 10.0. The van der Waals surface area contributed by atoms with Crippen molar-refractivity contribution >= 4 is 23.3 Å². The fourth-order valence-electron chi connectivity index (χ4n) is 4.27. The first-order valence-electron chi connectivity index (χ1n) is 10.4. The smallest absolute Gasteiger partial charge is 0.232 e. The second-order valence-corrected chi connectivity index (χ2v) is 7.71. The number of benzene rings is 1. The molecule has 2 aliphatic rings. The van der Waals surface area contributed by atoms with Crippen molar-refractivity contribution in [1.82, 2.24) is 15.0 Å². The summed E-state index contributed by atoms with van der Waals surface area (Å²) in [5, 5.41) is 0. The molecular weight excluding hydrogens is 360 g/mol. The van der Waals surface area contributed by atoms with Crippen LogP contribution in [-0.2, 0) is 6.42 Å². The van der Waals surface area contributed by atoms with Gasteiger partial charge in [-0.15, -0.1) is 0 Å². The molecule has 0 amide bonds. The van der Waals surface area contributed by atoms with Crippen molar-refractivity contribution < 1.29 is 0 Å². The van der Waals surface area contributed by atoms with Gasteiger partial charge in [0.2, 0.25) is 5.95 Å². The molecule has 3 aromatic rings. The zero-order valence-corrected chi connectivity index (χ0v) is 16.8. The molecule has 0 spiro atoms. The summed E-state index contributed by atoms with van der Waals surface area (Å²) < 4.78 is 0. The van der Waals surface area contributed by atoms with Gasteiger partial charge in [-0.2, -0.15) is 4.98 Å². The van der Waals surface area contributed by atoms with E-state index in [0.29, 0.717) is 0 Å². The first-order valence-corrected chi connectivity index (χ1v) is 10.4. The molecule has 6 heteroatoms. The molecule has 0 saturated carbocycles. The van der Waals surface area contributed by atoms with Gasteiger partial charge in [0, 0.05) is 56.4 Å². The third-order valence-electron chi connectivity index (χ3n) is 5.76. The van der Waals surface area contributed by atoms with E-state index in [1.54, 1.807) is 0 Å². The molecule has 1 saturated heterocycles. The van der Waals surface area contributed by atoms with Crippen molar-refractivity contribution in [2.24, 2.45) is 0 Å². The van der Waals surface area contributed by atoms with Gasteiger partial charge >= 0.3 is 0 Å². The maximum absolute atomic E-state index is 4.98. The zero-order chi connectivity index (χ0) is 19.6. The normalized spacial score (nSPS) is 16.7. The van der Waals surface area contributed by atoms with E-state index < -0.39 is 0 Å². The molecule has 2 aliphatic heterocycles. The van der Waals surface area contributed by atoms with E-state index in [9.17, 15) is 0 Å². The first kappa shape index (κ1) is 17.9. The lowest BCUT2D eigenvalue weighted by Gasteiger charge is -2.36. The summed E-state index contributed by atoms with van der Waals surface area (Å²) in [7, 11) is 0. The largest absolute Gasteiger partial charge is 0.353 e. The van der Waals surface area contributed by atoms with Crippen LogP contribution in [0.25, 0.3) is 0 Å². The predicted molar refractivity (Wildman–Crippen MR) is 117 cm³/mol. The van der Waals surface area contributed by atoms with Crippen LogP contribution >= 0.6 is 0 Å². The lowest BCUT2D eigenvalue weighted by molar-refractivity contribution is 0.639.